The van der Waals surface area contributed by atoms with Crippen molar-refractivity contribution in [3.8, 4) is 0 Å². The fraction of sp³-hybridized carbons (Fsp3) is 0.556. The molecule has 0 aliphatic rings. The van der Waals surface area contributed by atoms with Gasteiger partial charge in [0.15, 0.2) is 11.1 Å². The van der Waals surface area contributed by atoms with Crippen LogP contribution in [0.3, 0.4) is 0 Å². The SMILES string of the molecule is CC(C)c1n[nH]c(=S)n1CCc1ncno1. The molecule has 2 heterocycles. The number of hydrogen-bond acceptors (Lipinski definition) is 5. The number of nitrogens with one attached hydrogen (secondary N) is 1. The molecule has 86 valence electrons. The predicted molar refractivity (Wildman–Crippen MR) is 59.5 cm³/mol. The first-order valence-electron chi connectivity index (χ1n) is 5.09. The lowest BCUT2D eigenvalue weighted by Gasteiger charge is -2.07. The van der Waals surface area contributed by atoms with E-state index in [1.807, 2.05) is 4.57 Å². The van der Waals surface area contributed by atoms with E-state index in [0.717, 1.165) is 5.82 Å². The van der Waals surface area contributed by atoms with E-state index in [9.17, 15) is 0 Å². The summed E-state index contributed by atoms with van der Waals surface area (Å²) in [5.41, 5.74) is 0. The number of H-pyrrole nitrogens is 1. The van der Waals surface area contributed by atoms with Crippen molar-refractivity contribution in [2.75, 3.05) is 0 Å². The molecule has 0 aromatic carbocycles. The lowest BCUT2D eigenvalue weighted by Crippen LogP contribution is -2.08. The summed E-state index contributed by atoms with van der Waals surface area (Å²) in [7, 11) is 0. The number of rotatable bonds is 4. The minimum absolute atomic E-state index is 0.329. The maximum absolute atomic E-state index is 5.17. The van der Waals surface area contributed by atoms with Crippen LogP contribution in [0.4, 0.5) is 0 Å². The van der Waals surface area contributed by atoms with Crippen LogP contribution in [0.15, 0.2) is 10.9 Å². The van der Waals surface area contributed by atoms with E-state index >= 15 is 0 Å². The third-order valence-electron chi connectivity index (χ3n) is 2.26. The van der Waals surface area contributed by atoms with Gasteiger partial charge in [-0.05, 0) is 12.2 Å². The lowest BCUT2D eigenvalue weighted by atomic mass is 10.2. The van der Waals surface area contributed by atoms with Crippen LogP contribution in [0.5, 0.6) is 0 Å². The number of nitrogens with zero attached hydrogens (tertiary/aromatic N) is 4. The van der Waals surface area contributed by atoms with Crippen LogP contribution >= 0.6 is 12.2 Å². The molecule has 0 spiro atoms. The molecule has 2 rings (SSSR count). The summed E-state index contributed by atoms with van der Waals surface area (Å²) in [5.74, 6) is 1.89. The monoisotopic (exact) mass is 239 g/mol. The molecule has 0 unspecified atom stereocenters. The summed E-state index contributed by atoms with van der Waals surface area (Å²) in [5, 5.41) is 10.5. The second-order valence-corrected chi connectivity index (χ2v) is 4.16. The third-order valence-corrected chi connectivity index (χ3v) is 2.57. The van der Waals surface area contributed by atoms with Gasteiger partial charge in [0, 0.05) is 18.9 Å². The Morgan fingerprint density at radius 2 is 2.38 bits per heavy atom. The summed E-state index contributed by atoms with van der Waals surface area (Å²) >= 11 is 5.17. The second kappa shape index (κ2) is 4.56. The molecule has 0 saturated carbocycles. The lowest BCUT2D eigenvalue weighted by molar-refractivity contribution is 0.369. The van der Waals surface area contributed by atoms with Gasteiger partial charge in [-0.15, -0.1) is 0 Å². The Morgan fingerprint density at radius 3 is 3.00 bits per heavy atom. The van der Waals surface area contributed by atoms with Gasteiger partial charge in [0.2, 0.25) is 5.89 Å². The molecule has 16 heavy (non-hydrogen) atoms. The van der Waals surface area contributed by atoms with Gasteiger partial charge < -0.3 is 9.09 Å². The Kier molecular flexibility index (Phi) is 3.14. The fourth-order valence-electron chi connectivity index (χ4n) is 1.50. The number of hydrogen-bond donors (Lipinski definition) is 1. The zero-order valence-corrected chi connectivity index (χ0v) is 9.99. The largest absolute Gasteiger partial charge is 0.340 e. The topological polar surface area (TPSA) is 72.5 Å². The smallest absolute Gasteiger partial charge is 0.228 e. The van der Waals surface area contributed by atoms with Gasteiger partial charge in [-0.25, -0.2) is 0 Å². The minimum atomic E-state index is 0.329. The van der Waals surface area contributed by atoms with Gasteiger partial charge in [-0.1, -0.05) is 19.0 Å². The summed E-state index contributed by atoms with van der Waals surface area (Å²) in [6.45, 7) is 4.85. The van der Waals surface area contributed by atoms with E-state index in [1.165, 1.54) is 6.33 Å². The van der Waals surface area contributed by atoms with Crippen molar-refractivity contribution < 1.29 is 4.52 Å². The number of aryl methyl sites for hydroxylation is 1. The molecule has 2 aromatic rings. The molecular weight excluding hydrogens is 226 g/mol. The van der Waals surface area contributed by atoms with Gasteiger partial charge in [0.05, 0.1) is 0 Å². The van der Waals surface area contributed by atoms with E-state index in [2.05, 4.69) is 34.2 Å². The normalized spacial score (nSPS) is 11.2. The quantitative estimate of drug-likeness (QED) is 0.822. The van der Waals surface area contributed by atoms with E-state index < -0.39 is 0 Å². The molecule has 0 saturated heterocycles. The Balaban J connectivity index is 2.14. The maximum atomic E-state index is 5.17. The van der Waals surface area contributed by atoms with Crippen LogP contribution < -0.4 is 0 Å². The molecule has 0 bridgehead atoms. The van der Waals surface area contributed by atoms with Gasteiger partial charge in [-0.2, -0.15) is 10.1 Å². The molecular formula is C9H13N5OS. The van der Waals surface area contributed by atoms with Crippen LogP contribution in [0.25, 0.3) is 0 Å². The molecule has 0 aliphatic carbocycles. The Bertz CT molecular complexity index is 498. The molecule has 7 heteroatoms. The van der Waals surface area contributed by atoms with Crippen LogP contribution in [-0.2, 0) is 13.0 Å². The Morgan fingerprint density at radius 1 is 1.56 bits per heavy atom. The molecule has 0 atom stereocenters. The Hall–Kier alpha value is -1.50. The Labute approximate surface area is 97.7 Å². The molecule has 0 amide bonds. The zero-order valence-electron chi connectivity index (χ0n) is 9.17. The van der Waals surface area contributed by atoms with Crippen LogP contribution in [-0.4, -0.2) is 24.9 Å². The maximum Gasteiger partial charge on any atom is 0.228 e. The van der Waals surface area contributed by atoms with E-state index in [4.69, 9.17) is 16.7 Å². The fourth-order valence-corrected chi connectivity index (χ4v) is 1.73. The van der Waals surface area contributed by atoms with Crippen molar-refractivity contribution in [2.45, 2.75) is 32.7 Å². The van der Waals surface area contributed by atoms with Gasteiger partial charge in [0.1, 0.15) is 5.82 Å². The molecule has 1 N–H and O–H groups in total. The minimum Gasteiger partial charge on any atom is -0.340 e. The summed E-state index contributed by atoms with van der Waals surface area (Å²) in [6.07, 6.45) is 2.06. The first-order valence-corrected chi connectivity index (χ1v) is 5.50. The standard InChI is InChI=1S/C9H13N5OS/c1-6(2)8-12-13-9(16)14(8)4-3-7-10-5-11-15-7/h5-6H,3-4H2,1-2H3,(H,13,16). The van der Waals surface area contributed by atoms with Gasteiger partial charge in [0.25, 0.3) is 0 Å². The molecule has 2 aromatic heterocycles. The third kappa shape index (κ3) is 2.19. The van der Waals surface area contributed by atoms with Gasteiger partial charge >= 0.3 is 0 Å². The number of aromatic amines is 1. The van der Waals surface area contributed by atoms with Crippen LogP contribution in [0.2, 0.25) is 0 Å². The molecule has 0 aliphatic heterocycles. The second-order valence-electron chi connectivity index (χ2n) is 3.78. The van der Waals surface area contributed by atoms with Crippen molar-refractivity contribution in [3.05, 3.63) is 22.8 Å². The van der Waals surface area contributed by atoms with Crippen molar-refractivity contribution in [2.24, 2.45) is 0 Å². The molecule has 0 radical (unpaired) electrons. The highest BCUT2D eigenvalue weighted by atomic mass is 32.1. The first kappa shape index (κ1) is 11.0. The average Bonchev–Trinajstić information content (AvgIpc) is 2.84. The first-order chi connectivity index (χ1) is 7.68. The van der Waals surface area contributed by atoms with Gasteiger partial charge in [-0.3, -0.25) is 5.10 Å². The highest BCUT2D eigenvalue weighted by Crippen LogP contribution is 2.12. The van der Waals surface area contributed by atoms with Crippen molar-refractivity contribution in [3.63, 3.8) is 0 Å². The van der Waals surface area contributed by atoms with E-state index in [1.54, 1.807) is 0 Å². The zero-order chi connectivity index (χ0) is 11.5. The highest BCUT2D eigenvalue weighted by Gasteiger charge is 2.10. The van der Waals surface area contributed by atoms with Crippen LogP contribution in [0.1, 0.15) is 31.5 Å². The predicted octanol–water partition coefficient (Wildman–Crippen LogP) is 1.69. The summed E-state index contributed by atoms with van der Waals surface area (Å²) in [4.78, 5) is 3.96. The average molecular weight is 239 g/mol. The van der Waals surface area contributed by atoms with Crippen molar-refractivity contribution in [1.29, 1.82) is 0 Å². The van der Waals surface area contributed by atoms with Crippen LogP contribution in [0, 0.1) is 4.77 Å². The molecule has 0 fully saturated rings. The van der Waals surface area contributed by atoms with Crippen molar-refractivity contribution in [1.82, 2.24) is 24.9 Å². The van der Waals surface area contributed by atoms with Crippen molar-refractivity contribution >= 4 is 12.2 Å². The molecule has 6 nitrogen and oxygen atoms in total. The van der Waals surface area contributed by atoms with E-state index in [-0.39, 0.29) is 0 Å². The number of aromatic nitrogens is 5. The highest BCUT2D eigenvalue weighted by molar-refractivity contribution is 7.71. The summed E-state index contributed by atoms with van der Waals surface area (Å²) in [6, 6.07) is 0. The van der Waals surface area contributed by atoms with E-state index in [0.29, 0.717) is 29.5 Å². The summed E-state index contributed by atoms with van der Waals surface area (Å²) < 4.78 is 7.52.